The number of carbonyl (C=O) groups is 3. The van der Waals surface area contributed by atoms with E-state index in [1.807, 2.05) is 0 Å². The Morgan fingerprint density at radius 1 is 1.14 bits per heavy atom. The van der Waals surface area contributed by atoms with Crippen molar-refractivity contribution in [3.8, 4) is 0 Å². The van der Waals surface area contributed by atoms with Gasteiger partial charge >= 0.3 is 12.0 Å². The molecule has 0 atom stereocenters. The van der Waals surface area contributed by atoms with Crippen molar-refractivity contribution in [2.24, 2.45) is 5.73 Å². The third-order valence-electron chi connectivity index (χ3n) is 2.92. The molecule has 0 aliphatic carbocycles. The van der Waals surface area contributed by atoms with E-state index in [2.05, 4.69) is 0 Å². The fourth-order valence-electron chi connectivity index (χ4n) is 1.95. The minimum Gasteiger partial charge on any atom is -0.480 e. The molecule has 3 N–H and O–H groups in total. The largest absolute Gasteiger partial charge is 0.480 e. The number of piperazine rings is 1. The van der Waals surface area contributed by atoms with Crippen LogP contribution in [0.3, 0.4) is 0 Å². The van der Waals surface area contributed by atoms with Crippen LogP contribution < -0.4 is 5.73 Å². The van der Waals surface area contributed by atoms with Gasteiger partial charge in [0.2, 0.25) is 15.9 Å². The van der Waals surface area contributed by atoms with Crippen molar-refractivity contribution in [1.29, 1.82) is 0 Å². The van der Waals surface area contributed by atoms with Crippen LogP contribution in [0, 0.1) is 0 Å². The summed E-state index contributed by atoms with van der Waals surface area (Å²) in [7, 11) is -3.32. The maximum Gasteiger partial charge on any atom is 0.323 e. The van der Waals surface area contributed by atoms with E-state index in [-0.39, 0.29) is 26.2 Å². The number of urea groups is 1. The second-order valence-corrected chi connectivity index (χ2v) is 6.63. The van der Waals surface area contributed by atoms with Gasteiger partial charge in [0, 0.05) is 26.2 Å². The number of hydrogen-bond donors (Lipinski definition) is 2. The topological polar surface area (TPSA) is 141 Å². The average Bonchev–Trinajstić information content (AvgIpc) is 2.35. The van der Waals surface area contributed by atoms with Gasteiger partial charge in [0.1, 0.15) is 13.1 Å². The molecule has 3 amide bonds. The lowest BCUT2D eigenvalue weighted by molar-refractivity contribution is -0.138. The van der Waals surface area contributed by atoms with Gasteiger partial charge in [0.25, 0.3) is 0 Å². The molecule has 0 aromatic heterocycles. The van der Waals surface area contributed by atoms with Crippen molar-refractivity contribution in [2.45, 2.75) is 0 Å². The number of primary amides is 1. The Morgan fingerprint density at radius 3 is 2.05 bits per heavy atom. The Kier molecular flexibility index (Phi) is 5.49. The van der Waals surface area contributed by atoms with Crippen LogP contribution in [0.5, 0.6) is 0 Å². The predicted octanol–water partition coefficient (Wildman–Crippen LogP) is -2.44. The van der Waals surface area contributed by atoms with Crippen LogP contribution in [0.15, 0.2) is 0 Å². The Morgan fingerprint density at radius 2 is 1.67 bits per heavy atom. The first-order valence-corrected chi connectivity index (χ1v) is 7.95. The molecule has 120 valence electrons. The summed E-state index contributed by atoms with van der Waals surface area (Å²) < 4.78 is 24.0. The monoisotopic (exact) mass is 322 g/mol. The van der Waals surface area contributed by atoms with E-state index < -0.39 is 41.0 Å². The molecular formula is C10H18N4O6S. The number of sulfonamides is 1. The van der Waals surface area contributed by atoms with Crippen LogP contribution >= 0.6 is 0 Å². The summed E-state index contributed by atoms with van der Waals surface area (Å²) >= 11 is 0. The minimum absolute atomic E-state index is 0.126. The van der Waals surface area contributed by atoms with Gasteiger partial charge in [-0.2, -0.15) is 4.31 Å². The molecule has 0 saturated carbocycles. The van der Waals surface area contributed by atoms with Crippen molar-refractivity contribution in [1.82, 2.24) is 14.1 Å². The van der Waals surface area contributed by atoms with Gasteiger partial charge in [0.15, 0.2) is 0 Å². The summed E-state index contributed by atoms with van der Waals surface area (Å²) in [5.41, 5.74) is 4.98. The van der Waals surface area contributed by atoms with Gasteiger partial charge < -0.3 is 20.6 Å². The van der Waals surface area contributed by atoms with Gasteiger partial charge in [0.05, 0.1) is 6.26 Å². The number of nitrogens with zero attached hydrogens (tertiary/aromatic N) is 3. The van der Waals surface area contributed by atoms with Crippen molar-refractivity contribution in [3.05, 3.63) is 0 Å². The second-order valence-electron chi connectivity index (χ2n) is 4.65. The van der Waals surface area contributed by atoms with E-state index in [4.69, 9.17) is 10.8 Å². The van der Waals surface area contributed by atoms with Gasteiger partial charge in [-0.25, -0.2) is 13.2 Å². The van der Waals surface area contributed by atoms with Crippen LogP contribution in [-0.2, 0) is 19.6 Å². The first kappa shape index (κ1) is 17.2. The van der Waals surface area contributed by atoms with E-state index >= 15 is 0 Å². The molecule has 1 aliphatic rings. The lowest BCUT2D eigenvalue weighted by atomic mass is 10.3. The minimum atomic E-state index is -3.32. The average molecular weight is 322 g/mol. The van der Waals surface area contributed by atoms with E-state index in [9.17, 15) is 22.8 Å². The van der Waals surface area contributed by atoms with E-state index in [1.165, 1.54) is 9.21 Å². The first-order chi connectivity index (χ1) is 9.61. The highest BCUT2D eigenvalue weighted by Gasteiger charge is 2.29. The highest BCUT2D eigenvalue weighted by Crippen LogP contribution is 2.08. The predicted molar refractivity (Wildman–Crippen MR) is 71.8 cm³/mol. The third-order valence-corrected chi connectivity index (χ3v) is 4.22. The summed E-state index contributed by atoms with van der Waals surface area (Å²) in [5.74, 6) is -2.08. The van der Waals surface area contributed by atoms with Crippen molar-refractivity contribution < 1.29 is 27.9 Å². The maximum absolute atomic E-state index is 12.1. The number of amides is 3. The summed E-state index contributed by atoms with van der Waals surface area (Å²) in [6.45, 7) is -0.642. The molecule has 11 heteroatoms. The van der Waals surface area contributed by atoms with Crippen molar-refractivity contribution in [2.75, 3.05) is 45.5 Å². The molecule has 1 rings (SSSR count). The highest BCUT2D eigenvalue weighted by atomic mass is 32.2. The summed E-state index contributed by atoms with van der Waals surface area (Å²) in [4.78, 5) is 35.9. The lowest BCUT2D eigenvalue weighted by Crippen LogP contribution is -2.55. The van der Waals surface area contributed by atoms with Crippen molar-refractivity contribution in [3.63, 3.8) is 0 Å². The molecule has 1 heterocycles. The normalized spacial score (nSPS) is 16.5. The Labute approximate surface area is 122 Å². The number of nitrogens with two attached hydrogens (primary N) is 1. The van der Waals surface area contributed by atoms with Crippen LogP contribution in [0.25, 0.3) is 0 Å². The quantitative estimate of drug-likeness (QED) is 0.576. The molecule has 0 spiro atoms. The molecule has 10 nitrogen and oxygen atoms in total. The standard InChI is InChI=1S/C10H18N4O6S/c1-21(19,20)14-4-2-12(3-5-14)10(18)13(6-8(11)15)7-9(16)17/h2-7H2,1H3,(H2,11,15)(H,16,17). The molecular weight excluding hydrogens is 304 g/mol. The van der Waals surface area contributed by atoms with Gasteiger partial charge in [-0.1, -0.05) is 0 Å². The molecule has 21 heavy (non-hydrogen) atoms. The SMILES string of the molecule is CS(=O)(=O)N1CCN(C(=O)N(CC(N)=O)CC(=O)O)CC1. The number of carbonyl (C=O) groups excluding carboxylic acids is 2. The smallest absolute Gasteiger partial charge is 0.323 e. The number of hydrogen-bond acceptors (Lipinski definition) is 5. The fraction of sp³-hybridized carbons (Fsp3) is 0.700. The molecule has 1 aliphatic heterocycles. The molecule has 0 radical (unpaired) electrons. The molecule has 1 fully saturated rings. The Bertz CT molecular complexity index is 510. The van der Waals surface area contributed by atoms with Gasteiger partial charge in [-0.05, 0) is 0 Å². The van der Waals surface area contributed by atoms with E-state index in [1.54, 1.807) is 0 Å². The number of carboxylic acid groups (broad SMARTS) is 1. The molecule has 0 unspecified atom stereocenters. The molecule has 0 aromatic carbocycles. The Balaban J connectivity index is 2.69. The Hall–Kier alpha value is -1.88. The zero-order chi connectivity index (χ0) is 16.2. The van der Waals surface area contributed by atoms with Crippen LogP contribution in [0.4, 0.5) is 4.79 Å². The van der Waals surface area contributed by atoms with Crippen LogP contribution in [0.2, 0.25) is 0 Å². The third kappa shape index (κ3) is 5.19. The summed E-state index contributed by atoms with van der Waals surface area (Å²) in [5, 5.41) is 8.74. The van der Waals surface area contributed by atoms with Crippen LogP contribution in [0.1, 0.15) is 0 Å². The zero-order valence-corrected chi connectivity index (χ0v) is 12.4. The fourth-order valence-corrected chi connectivity index (χ4v) is 2.78. The van der Waals surface area contributed by atoms with Gasteiger partial charge in [-0.15, -0.1) is 0 Å². The van der Waals surface area contributed by atoms with E-state index in [0.717, 1.165) is 11.2 Å². The number of rotatable bonds is 5. The lowest BCUT2D eigenvalue weighted by Gasteiger charge is -2.35. The number of aliphatic carboxylic acids is 1. The zero-order valence-electron chi connectivity index (χ0n) is 11.6. The summed E-state index contributed by atoms with van der Waals surface area (Å²) in [6, 6.07) is -0.649. The molecule has 0 bridgehead atoms. The highest BCUT2D eigenvalue weighted by molar-refractivity contribution is 7.88. The number of carboxylic acids is 1. The molecule has 0 aromatic rings. The van der Waals surface area contributed by atoms with E-state index in [0.29, 0.717) is 0 Å². The molecule has 1 saturated heterocycles. The van der Waals surface area contributed by atoms with Crippen LogP contribution in [-0.4, -0.2) is 91.1 Å². The first-order valence-electron chi connectivity index (χ1n) is 6.10. The van der Waals surface area contributed by atoms with Gasteiger partial charge in [-0.3, -0.25) is 9.59 Å². The second kappa shape index (κ2) is 6.72. The maximum atomic E-state index is 12.1. The summed E-state index contributed by atoms with van der Waals surface area (Å²) in [6.07, 6.45) is 1.08. The van der Waals surface area contributed by atoms with Crippen molar-refractivity contribution >= 4 is 27.9 Å².